The number of carbonyl (C=O) groups excluding carboxylic acids is 1. The van der Waals surface area contributed by atoms with Gasteiger partial charge in [-0.2, -0.15) is 0 Å². The molecule has 26 heavy (non-hydrogen) atoms. The molecule has 0 unspecified atom stereocenters. The highest BCUT2D eigenvalue weighted by molar-refractivity contribution is 7.99. The van der Waals surface area contributed by atoms with E-state index in [0.717, 1.165) is 29.0 Å². The fraction of sp³-hybridized carbons (Fsp3) is 0.316. The van der Waals surface area contributed by atoms with Crippen molar-refractivity contribution in [2.45, 2.75) is 29.6 Å². The zero-order valence-electron chi connectivity index (χ0n) is 14.4. The summed E-state index contributed by atoms with van der Waals surface area (Å²) in [4.78, 5) is 13.2. The van der Waals surface area contributed by atoms with Crippen LogP contribution in [0.5, 0.6) is 0 Å². The molecule has 5 nitrogen and oxygen atoms in total. The molecule has 1 amide bonds. The summed E-state index contributed by atoms with van der Waals surface area (Å²) in [7, 11) is -3.68. The smallest absolute Gasteiger partial charge is 0.264 e. The summed E-state index contributed by atoms with van der Waals surface area (Å²) in [5, 5.41) is 2.86. The van der Waals surface area contributed by atoms with Crippen LogP contribution in [0, 0.1) is 5.92 Å². The molecule has 4 rings (SSSR count). The number of carbonyl (C=O) groups is 1. The molecule has 2 aromatic rings. The number of aryl methyl sites for hydroxylation is 1. The molecule has 0 fully saturated rings. The second kappa shape index (κ2) is 6.63. The van der Waals surface area contributed by atoms with Crippen LogP contribution in [-0.2, 0) is 21.2 Å². The molecule has 0 spiro atoms. The van der Waals surface area contributed by atoms with E-state index in [1.807, 2.05) is 31.2 Å². The summed E-state index contributed by atoms with van der Waals surface area (Å²) in [5.74, 6) is 0.500. The van der Waals surface area contributed by atoms with Gasteiger partial charge < -0.3 is 5.32 Å². The van der Waals surface area contributed by atoms with Gasteiger partial charge in [0.15, 0.2) is 0 Å². The Morgan fingerprint density at radius 3 is 2.85 bits per heavy atom. The number of anilines is 2. The highest BCUT2D eigenvalue weighted by Gasteiger charge is 2.30. The minimum absolute atomic E-state index is 0.0749. The number of hydrogen-bond acceptors (Lipinski definition) is 4. The Kier molecular flexibility index (Phi) is 4.44. The van der Waals surface area contributed by atoms with Gasteiger partial charge in [0, 0.05) is 23.1 Å². The van der Waals surface area contributed by atoms with Gasteiger partial charge in [-0.1, -0.05) is 25.1 Å². The first-order valence-corrected chi connectivity index (χ1v) is 11.1. The van der Waals surface area contributed by atoms with Crippen LogP contribution in [0.25, 0.3) is 0 Å². The summed E-state index contributed by atoms with van der Waals surface area (Å²) in [6, 6.07) is 12.7. The number of para-hydroxylation sites is 1. The lowest BCUT2D eigenvalue weighted by Gasteiger charge is -2.30. The highest BCUT2D eigenvalue weighted by Crippen LogP contribution is 2.37. The number of nitrogens with one attached hydrogen (secondary N) is 1. The molecule has 2 aliphatic heterocycles. The van der Waals surface area contributed by atoms with Gasteiger partial charge in [0.2, 0.25) is 5.91 Å². The van der Waals surface area contributed by atoms with Gasteiger partial charge in [-0.05, 0) is 42.7 Å². The van der Waals surface area contributed by atoms with Gasteiger partial charge in [-0.15, -0.1) is 11.8 Å². The maximum absolute atomic E-state index is 13.3. The summed E-state index contributed by atoms with van der Waals surface area (Å²) in [5.41, 5.74) is 2.38. The predicted molar refractivity (Wildman–Crippen MR) is 104 cm³/mol. The number of rotatable bonds is 2. The Labute approximate surface area is 157 Å². The van der Waals surface area contributed by atoms with Crippen LogP contribution < -0.4 is 9.62 Å². The molecule has 0 saturated heterocycles. The van der Waals surface area contributed by atoms with Crippen molar-refractivity contribution < 1.29 is 13.2 Å². The number of benzene rings is 2. The Bertz CT molecular complexity index is 972. The van der Waals surface area contributed by atoms with E-state index >= 15 is 0 Å². The molecule has 1 N–H and O–H groups in total. The Morgan fingerprint density at radius 1 is 1.19 bits per heavy atom. The number of sulfonamides is 1. The molecule has 2 heterocycles. The topological polar surface area (TPSA) is 66.5 Å². The molecule has 7 heteroatoms. The van der Waals surface area contributed by atoms with Crippen molar-refractivity contribution in [1.29, 1.82) is 0 Å². The van der Waals surface area contributed by atoms with E-state index in [1.54, 1.807) is 30.0 Å². The second-order valence-electron chi connectivity index (χ2n) is 6.67. The molecule has 0 bridgehead atoms. The van der Waals surface area contributed by atoms with E-state index in [2.05, 4.69) is 5.32 Å². The molecule has 0 radical (unpaired) electrons. The first-order valence-electron chi connectivity index (χ1n) is 8.65. The fourth-order valence-electron chi connectivity index (χ4n) is 3.32. The van der Waals surface area contributed by atoms with Crippen LogP contribution in [0.1, 0.15) is 18.9 Å². The number of fused-ring (bicyclic) bond motifs is 2. The number of amides is 1. The Balaban J connectivity index is 1.74. The zero-order chi connectivity index (χ0) is 18.3. The van der Waals surface area contributed by atoms with Crippen molar-refractivity contribution in [3.8, 4) is 0 Å². The van der Waals surface area contributed by atoms with E-state index < -0.39 is 10.0 Å². The van der Waals surface area contributed by atoms with Crippen molar-refractivity contribution in [1.82, 2.24) is 0 Å². The van der Waals surface area contributed by atoms with Crippen LogP contribution in [0.4, 0.5) is 11.4 Å². The van der Waals surface area contributed by atoms with Crippen molar-refractivity contribution >= 4 is 39.1 Å². The van der Waals surface area contributed by atoms with Crippen LogP contribution in [-0.4, -0.2) is 26.6 Å². The van der Waals surface area contributed by atoms with E-state index in [4.69, 9.17) is 0 Å². The minimum Gasteiger partial charge on any atom is -0.325 e. The molecule has 0 saturated carbocycles. The molecule has 136 valence electrons. The summed E-state index contributed by atoms with van der Waals surface area (Å²) in [6.07, 6.45) is 1.68. The number of nitrogens with zero attached hydrogens (tertiary/aromatic N) is 1. The van der Waals surface area contributed by atoms with E-state index in [0.29, 0.717) is 18.0 Å². The summed E-state index contributed by atoms with van der Waals surface area (Å²) in [6.45, 7) is 2.34. The predicted octanol–water partition coefficient (Wildman–Crippen LogP) is 3.51. The van der Waals surface area contributed by atoms with Gasteiger partial charge in [0.05, 0.1) is 16.3 Å². The van der Waals surface area contributed by atoms with Gasteiger partial charge in [-0.3, -0.25) is 9.10 Å². The highest BCUT2D eigenvalue weighted by atomic mass is 32.2. The lowest BCUT2D eigenvalue weighted by Crippen LogP contribution is -2.35. The van der Waals surface area contributed by atoms with Crippen LogP contribution in [0.2, 0.25) is 0 Å². The standard InChI is InChI=1S/C19H20N2O3S2/c1-13-12-25-18-9-8-15(11-16(18)20-19(13)22)26(23,24)21-10-4-6-14-5-2-3-7-17(14)21/h2-3,5,7-9,11,13H,4,6,10,12H2,1H3,(H,20,22)/t13-/m1/s1. The average molecular weight is 389 g/mol. The van der Waals surface area contributed by atoms with Crippen molar-refractivity contribution in [2.24, 2.45) is 5.92 Å². The molecular formula is C19H20N2O3S2. The average Bonchev–Trinajstić information content (AvgIpc) is 2.79. The Morgan fingerprint density at radius 2 is 2.00 bits per heavy atom. The van der Waals surface area contributed by atoms with E-state index in [9.17, 15) is 13.2 Å². The maximum atomic E-state index is 13.3. The number of hydrogen-bond donors (Lipinski definition) is 1. The lowest BCUT2D eigenvalue weighted by molar-refractivity contribution is -0.118. The number of thioether (sulfide) groups is 1. The molecule has 0 aliphatic carbocycles. The van der Waals surface area contributed by atoms with Crippen LogP contribution in [0.15, 0.2) is 52.3 Å². The minimum atomic E-state index is -3.68. The van der Waals surface area contributed by atoms with E-state index in [-0.39, 0.29) is 16.7 Å². The summed E-state index contributed by atoms with van der Waals surface area (Å²) >= 11 is 1.57. The van der Waals surface area contributed by atoms with Gasteiger partial charge in [0.25, 0.3) is 10.0 Å². The van der Waals surface area contributed by atoms with Crippen molar-refractivity contribution in [2.75, 3.05) is 21.9 Å². The van der Waals surface area contributed by atoms with Crippen LogP contribution >= 0.6 is 11.8 Å². The zero-order valence-corrected chi connectivity index (χ0v) is 16.1. The quantitative estimate of drug-likeness (QED) is 0.855. The third kappa shape index (κ3) is 2.99. The van der Waals surface area contributed by atoms with Gasteiger partial charge >= 0.3 is 0 Å². The molecular weight excluding hydrogens is 368 g/mol. The summed E-state index contributed by atoms with van der Waals surface area (Å²) < 4.78 is 28.0. The SMILES string of the molecule is C[C@@H]1CSc2ccc(S(=O)(=O)N3CCCc4ccccc43)cc2NC1=O. The lowest BCUT2D eigenvalue weighted by atomic mass is 10.0. The monoisotopic (exact) mass is 388 g/mol. The Hall–Kier alpha value is -1.99. The normalized spacial score (nSPS) is 20.0. The maximum Gasteiger partial charge on any atom is 0.264 e. The largest absolute Gasteiger partial charge is 0.325 e. The first kappa shape index (κ1) is 17.4. The third-order valence-electron chi connectivity index (χ3n) is 4.80. The third-order valence-corrected chi connectivity index (χ3v) is 7.94. The van der Waals surface area contributed by atoms with E-state index in [1.165, 1.54) is 4.31 Å². The molecule has 2 aromatic carbocycles. The first-order chi connectivity index (χ1) is 12.5. The van der Waals surface area contributed by atoms with Crippen molar-refractivity contribution in [3.05, 3.63) is 48.0 Å². The fourth-order valence-corrected chi connectivity index (χ4v) is 5.89. The second-order valence-corrected chi connectivity index (χ2v) is 9.59. The van der Waals surface area contributed by atoms with Crippen molar-refractivity contribution in [3.63, 3.8) is 0 Å². The molecule has 2 aliphatic rings. The molecule has 1 atom stereocenters. The van der Waals surface area contributed by atoms with Crippen LogP contribution in [0.3, 0.4) is 0 Å². The van der Waals surface area contributed by atoms with Gasteiger partial charge in [0.1, 0.15) is 0 Å². The van der Waals surface area contributed by atoms with Gasteiger partial charge in [-0.25, -0.2) is 8.42 Å². The molecule has 0 aromatic heterocycles.